The summed E-state index contributed by atoms with van der Waals surface area (Å²) < 4.78 is 5.47. The Morgan fingerprint density at radius 3 is 2.57 bits per heavy atom. The van der Waals surface area contributed by atoms with Crippen LogP contribution in [0.15, 0.2) is 24.3 Å². The number of amides is 2. The Bertz CT molecular complexity index is 483. The summed E-state index contributed by atoms with van der Waals surface area (Å²) in [4.78, 5) is 22.3. The second-order valence-electron chi connectivity index (χ2n) is 5.14. The van der Waals surface area contributed by atoms with Crippen LogP contribution >= 0.6 is 0 Å². The first-order chi connectivity index (χ1) is 10.1. The van der Waals surface area contributed by atoms with E-state index in [9.17, 15) is 9.59 Å². The lowest BCUT2D eigenvalue weighted by Gasteiger charge is -2.08. The van der Waals surface area contributed by atoms with E-state index in [4.69, 9.17) is 9.84 Å². The highest BCUT2D eigenvalue weighted by atomic mass is 16.5. The minimum Gasteiger partial charge on any atom is -0.478 e. The van der Waals surface area contributed by atoms with E-state index in [0.29, 0.717) is 18.8 Å². The van der Waals surface area contributed by atoms with E-state index in [1.165, 1.54) is 25.0 Å². The van der Waals surface area contributed by atoms with Gasteiger partial charge in [0.15, 0.2) is 0 Å². The Hall–Kier alpha value is -2.08. The highest BCUT2D eigenvalue weighted by molar-refractivity contribution is 5.91. The van der Waals surface area contributed by atoms with Crippen molar-refractivity contribution >= 4 is 17.7 Å². The summed E-state index contributed by atoms with van der Waals surface area (Å²) in [5.41, 5.74) is 0.747. The van der Waals surface area contributed by atoms with Crippen molar-refractivity contribution in [1.29, 1.82) is 0 Å². The van der Waals surface area contributed by atoms with Gasteiger partial charge in [0.2, 0.25) is 0 Å². The maximum absolute atomic E-state index is 11.6. The monoisotopic (exact) mass is 292 g/mol. The quantitative estimate of drug-likeness (QED) is 0.642. The van der Waals surface area contributed by atoms with Gasteiger partial charge in [-0.1, -0.05) is 0 Å². The maximum atomic E-state index is 11.6. The third-order valence-corrected chi connectivity index (χ3v) is 3.19. The minimum atomic E-state index is -0.989. The zero-order chi connectivity index (χ0) is 15.1. The number of carboxylic acids is 1. The van der Waals surface area contributed by atoms with Crippen LogP contribution in [0.25, 0.3) is 0 Å². The standard InChI is InChI=1S/C15H20N2O4/c18-14(19)12-4-6-13(7-5-12)17-15(20)16-8-1-9-21-10-11-2-3-11/h4-7,11H,1-3,8-10H2,(H,18,19)(H2,16,17,20). The molecule has 0 spiro atoms. The molecule has 114 valence electrons. The number of hydrogen-bond acceptors (Lipinski definition) is 3. The van der Waals surface area contributed by atoms with Gasteiger partial charge in [0.25, 0.3) is 0 Å². The highest BCUT2D eigenvalue weighted by Crippen LogP contribution is 2.28. The molecule has 21 heavy (non-hydrogen) atoms. The summed E-state index contributed by atoms with van der Waals surface area (Å²) in [5.74, 6) is -0.229. The fourth-order valence-electron chi connectivity index (χ4n) is 1.78. The van der Waals surface area contributed by atoms with Crippen LogP contribution in [0.3, 0.4) is 0 Å². The Balaban J connectivity index is 1.58. The molecule has 3 N–H and O–H groups in total. The zero-order valence-electron chi connectivity index (χ0n) is 11.8. The van der Waals surface area contributed by atoms with Crippen LogP contribution in [-0.2, 0) is 4.74 Å². The zero-order valence-corrected chi connectivity index (χ0v) is 11.8. The van der Waals surface area contributed by atoms with Gasteiger partial charge < -0.3 is 20.5 Å². The molecule has 1 aromatic rings. The first-order valence-corrected chi connectivity index (χ1v) is 7.11. The summed E-state index contributed by atoms with van der Waals surface area (Å²) in [6.45, 7) is 2.04. The summed E-state index contributed by atoms with van der Waals surface area (Å²) in [6.07, 6.45) is 3.33. The summed E-state index contributed by atoms with van der Waals surface area (Å²) in [6, 6.07) is 5.71. The number of rotatable bonds is 8. The molecule has 1 aromatic carbocycles. The van der Waals surface area contributed by atoms with Gasteiger partial charge in [0.1, 0.15) is 0 Å². The molecule has 0 atom stereocenters. The number of urea groups is 1. The average Bonchev–Trinajstić information content (AvgIpc) is 3.27. The van der Waals surface area contributed by atoms with Crippen molar-refractivity contribution in [1.82, 2.24) is 5.32 Å². The summed E-state index contributed by atoms with van der Waals surface area (Å²) >= 11 is 0. The number of benzene rings is 1. The molecule has 2 amide bonds. The fourth-order valence-corrected chi connectivity index (χ4v) is 1.78. The molecule has 0 aromatic heterocycles. The molecule has 0 saturated heterocycles. The van der Waals surface area contributed by atoms with Crippen LogP contribution in [-0.4, -0.2) is 36.9 Å². The number of aromatic carboxylic acids is 1. The highest BCUT2D eigenvalue weighted by Gasteiger charge is 2.20. The lowest BCUT2D eigenvalue weighted by molar-refractivity contribution is 0.0697. The van der Waals surface area contributed by atoms with E-state index in [1.54, 1.807) is 12.1 Å². The van der Waals surface area contributed by atoms with Crippen molar-refractivity contribution in [2.24, 2.45) is 5.92 Å². The van der Waals surface area contributed by atoms with Crippen LogP contribution in [0.1, 0.15) is 29.6 Å². The number of anilines is 1. The minimum absolute atomic E-state index is 0.189. The predicted molar refractivity (Wildman–Crippen MR) is 78.6 cm³/mol. The van der Waals surface area contributed by atoms with Crippen molar-refractivity contribution in [3.05, 3.63) is 29.8 Å². The predicted octanol–water partition coefficient (Wildman–Crippen LogP) is 2.32. The van der Waals surface area contributed by atoms with Crippen molar-refractivity contribution in [2.75, 3.05) is 25.1 Å². The number of carbonyl (C=O) groups is 2. The topological polar surface area (TPSA) is 87.7 Å². The van der Waals surface area contributed by atoms with E-state index >= 15 is 0 Å². The van der Waals surface area contributed by atoms with E-state index in [0.717, 1.165) is 18.9 Å². The first-order valence-electron chi connectivity index (χ1n) is 7.11. The van der Waals surface area contributed by atoms with Crippen LogP contribution < -0.4 is 10.6 Å². The number of hydrogen-bond donors (Lipinski definition) is 3. The number of carbonyl (C=O) groups excluding carboxylic acids is 1. The maximum Gasteiger partial charge on any atom is 0.335 e. The number of nitrogens with one attached hydrogen (secondary N) is 2. The molecule has 1 fully saturated rings. The largest absolute Gasteiger partial charge is 0.478 e. The van der Waals surface area contributed by atoms with Crippen molar-refractivity contribution in [2.45, 2.75) is 19.3 Å². The summed E-state index contributed by atoms with van der Waals surface area (Å²) in [7, 11) is 0. The Kier molecular flexibility index (Phi) is 5.57. The first kappa shape index (κ1) is 15.3. The molecule has 6 heteroatoms. The van der Waals surface area contributed by atoms with Gasteiger partial charge in [-0.05, 0) is 49.4 Å². The molecular formula is C15H20N2O4. The van der Waals surface area contributed by atoms with Crippen molar-refractivity contribution < 1.29 is 19.4 Å². The van der Waals surface area contributed by atoms with Crippen LogP contribution in [0.2, 0.25) is 0 Å². The van der Waals surface area contributed by atoms with E-state index in [-0.39, 0.29) is 11.6 Å². The van der Waals surface area contributed by atoms with Gasteiger partial charge in [-0.3, -0.25) is 0 Å². The fraction of sp³-hybridized carbons (Fsp3) is 0.467. The second-order valence-corrected chi connectivity index (χ2v) is 5.14. The molecule has 1 saturated carbocycles. The van der Waals surface area contributed by atoms with Crippen molar-refractivity contribution in [3.8, 4) is 0 Å². The smallest absolute Gasteiger partial charge is 0.335 e. The van der Waals surface area contributed by atoms with Gasteiger partial charge in [-0.15, -0.1) is 0 Å². The van der Waals surface area contributed by atoms with Crippen LogP contribution in [0.4, 0.5) is 10.5 Å². The molecule has 0 aliphatic heterocycles. The summed E-state index contributed by atoms with van der Waals surface area (Å²) in [5, 5.41) is 14.1. The number of ether oxygens (including phenoxy) is 1. The molecule has 0 heterocycles. The normalized spacial score (nSPS) is 13.7. The second kappa shape index (κ2) is 7.64. The van der Waals surface area contributed by atoms with Crippen LogP contribution in [0, 0.1) is 5.92 Å². The molecule has 1 aliphatic carbocycles. The van der Waals surface area contributed by atoms with Gasteiger partial charge in [0.05, 0.1) is 5.56 Å². The molecule has 0 unspecified atom stereocenters. The third-order valence-electron chi connectivity index (χ3n) is 3.19. The van der Waals surface area contributed by atoms with Gasteiger partial charge >= 0.3 is 12.0 Å². The lowest BCUT2D eigenvalue weighted by Crippen LogP contribution is -2.30. The van der Waals surface area contributed by atoms with Gasteiger partial charge in [-0.25, -0.2) is 9.59 Å². The SMILES string of the molecule is O=C(NCCCOCC1CC1)Nc1ccc(C(=O)O)cc1. The lowest BCUT2D eigenvalue weighted by atomic mass is 10.2. The molecule has 0 radical (unpaired) electrons. The van der Waals surface area contributed by atoms with E-state index in [1.807, 2.05) is 0 Å². The number of carboxylic acid groups (broad SMARTS) is 1. The molecule has 1 aliphatic rings. The Morgan fingerprint density at radius 2 is 1.95 bits per heavy atom. The molecule has 2 rings (SSSR count). The van der Waals surface area contributed by atoms with Gasteiger partial charge in [-0.2, -0.15) is 0 Å². The van der Waals surface area contributed by atoms with Crippen molar-refractivity contribution in [3.63, 3.8) is 0 Å². The van der Waals surface area contributed by atoms with E-state index < -0.39 is 5.97 Å². The van der Waals surface area contributed by atoms with Crippen LogP contribution in [0.5, 0.6) is 0 Å². The molecular weight excluding hydrogens is 272 g/mol. The van der Waals surface area contributed by atoms with Gasteiger partial charge in [0, 0.05) is 25.4 Å². The Morgan fingerprint density at radius 1 is 1.24 bits per heavy atom. The van der Waals surface area contributed by atoms with E-state index in [2.05, 4.69) is 10.6 Å². The molecule has 6 nitrogen and oxygen atoms in total. The molecule has 0 bridgehead atoms. The Labute approximate surface area is 123 Å². The third kappa shape index (κ3) is 5.83. The average molecular weight is 292 g/mol.